The Bertz CT molecular complexity index is 1480. The molecular weight excluding hydrogens is 489 g/mol. The minimum Gasteiger partial charge on any atom is -0.354 e. The average Bonchev–Trinajstić information content (AvgIpc) is 3.37. The number of nitrogens with zero attached hydrogens (tertiary/aromatic N) is 5. The number of imidazole rings is 1. The van der Waals surface area contributed by atoms with E-state index in [0.29, 0.717) is 58.8 Å². The minimum atomic E-state index is -0.870. The maximum absolute atomic E-state index is 12.4. The normalized spacial score (nSPS) is 17.1. The highest BCUT2D eigenvalue weighted by Crippen LogP contribution is 2.36. The summed E-state index contributed by atoms with van der Waals surface area (Å²) in [6, 6.07) is 14.5. The third-order valence-corrected chi connectivity index (χ3v) is 7.14. The van der Waals surface area contributed by atoms with E-state index in [4.69, 9.17) is 28.2 Å². The second-order valence-electron chi connectivity index (χ2n) is 8.57. The van der Waals surface area contributed by atoms with Crippen LogP contribution in [-0.4, -0.2) is 50.1 Å². The van der Waals surface area contributed by atoms with Crippen LogP contribution in [0.3, 0.4) is 0 Å². The third kappa shape index (κ3) is 3.59. The van der Waals surface area contributed by atoms with Gasteiger partial charge in [-0.15, -0.1) is 0 Å². The molecule has 0 unspecified atom stereocenters. The second kappa shape index (κ2) is 8.21. The Hall–Kier alpha value is -3.69. The van der Waals surface area contributed by atoms with Gasteiger partial charge in [0, 0.05) is 29.4 Å². The van der Waals surface area contributed by atoms with Gasteiger partial charge in [0.1, 0.15) is 17.7 Å². The van der Waals surface area contributed by atoms with Gasteiger partial charge in [-0.25, -0.2) is 19.7 Å². The first kappa shape index (κ1) is 21.8. The van der Waals surface area contributed by atoms with E-state index in [1.165, 1.54) is 6.33 Å². The highest BCUT2D eigenvalue weighted by atomic mass is 35.5. The lowest BCUT2D eigenvalue weighted by molar-refractivity contribution is -0.124. The van der Waals surface area contributed by atoms with Gasteiger partial charge in [0.05, 0.1) is 5.02 Å². The molecular formula is C24H19Cl2N7O2. The summed E-state index contributed by atoms with van der Waals surface area (Å²) in [5.74, 6) is 1.02. The van der Waals surface area contributed by atoms with Crippen molar-refractivity contribution >= 4 is 52.1 Å². The summed E-state index contributed by atoms with van der Waals surface area (Å²) in [6.45, 7) is 1.05. The van der Waals surface area contributed by atoms with E-state index in [0.717, 1.165) is 11.3 Å². The van der Waals surface area contributed by atoms with Crippen molar-refractivity contribution < 1.29 is 9.59 Å². The lowest BCUT2D eigenvalue weighted by Gasteiger charge is -2.37. The number of rotatable bonds is 3. The number of urea groups is 1. The highest BCUT2D eigenvalue weighted by Gasteiger charge is 2.48. The summed E-state index contributed by atoms with van der Waals surface area (Å²) >= 11 is 12.7. The molecule has 11 heteroatoms. The van der Waals surface area contributed by atoms with Crippen molar-refractivity contribution in [3.8, 4) is 17.1 Å². The predicted molar refractivity (Wildman–Crippen MR) is 133 cm³/mol. The fourth-order valence-corrected chi connectivity index (χ4v) is 5.10. The van der Waals surface area contributed by atoms with E-state index in [2.05, 4.69) is 25.5 Å². The number of anilines is 1. The summed E-state index contributed by atoms with van der Waals surface area (Å²) in [5, 5.41) is 6.33. The molecule has 2 aromatic carbocycles. The van der Waals surface area contributed by atoms with Gasteiger partial charge in [0.2, 0.25) is 0 Å². The molecule has 35 heavy (non-hydrogen) atoms. The number of hydrogen-bond donors (Lipinski definition) is 2. The van der Waals surface area contributed by atoms with Crippen molar-refractivity contribution in [3.05, 3.63) is 64.9 Å². The maximum Gasteiger partial charge on any atom is 0.322 e. The monoisotopic (exact) mass is 507 g/mol. The van der Waals surface area contributed by atoms with Gasteiger partial charge in [0.15, 0.2) is 17.0 Å². The third-order valence-electron chi connectivity index (χ3n) is 6.56. The number of halogens is 2. The van der Waals surface area contributed by atoms with Crippen LogP contribution in [0, 0.1) is 0 Å². The van der Waals surface area contributed by atoms with Gasteiger partial charge >= 0.3 is 6.03 Å². The zero-order valence-electron chi connectivity index (χ0n) is 18.3. The van der Waals surface area contributed by atoms with Gasteiger partial charge < -0.3 is 10.2 Å². The number of aromatic nitrogens is 4. The van der Waals surface area contributed by atoms with Crippen LogP contribution in [0.1, 0.15) is 12.8 Å². The van der Waals surface area contributed by atoms with Crippen molar-refractivity contribution in [2.75, 3.05) is 18.0 Å². The first-order chi connectivity index (χ1) is 16.9. The maximum atomic E-state index is 12.4. The van der Waals surface area contributed by atoms with Crippen LogP contribution >= 0.6 is 23.2 Å². The Morgan fingerprint density at radius 2 is 1.69 bits per heavy atom. The number of nitrogens with one attached hydrogen (secondary N) is 2. The quantitative estimate of drug-likeness (QED) is 0.406. The molecule has 0 atom stereocenters. The Morgan fingerprint density at radius 3 is 2.37 bits per heavy atom. The Morgan fingerprint density at radius 1 is 0.943 bits per heavy atom. The molecule has 3 amide bonds. The highest BCUT2D eigenvalue weighted by molar-refractivity contribution is 6.33. The first-order valence-electron chi connectivity index (χ1n) is 11.1. The molecule has 6 rings (SSSR count). The molecule has 176 valence electrons. The van der Waals surface area contributed by atoms with Crippen molar-refractivity contribution in [1.82, 2.24) is 30.2 Å². The van der Waals surface area contributed by atoms with Crippen LogP contribution in [0.15, 0.2) is 54.9 Å². The minimum absolute atomic E-state index is 0.275. The molecule has 0 bridgehead atoms. The van der Waals surface area contributed by atoms with E-state index in [1.807, 2.05) is 53.1 Å². The van der Waals surface area contributed by atoms with E-state index in [9.17, 15) is 9.59 Å². The summed E-state index contributed by atoms with van der Waals surface area (Å²) in [6.07, 6.45) is 2.44. The number of amides is 3. The van der Waals surface area contributed by atoms with E-state index < -0.39 is 11.6 Å². The van der Waals surface area contributed by atoms with Crippen LogP contribution in [0.2, 0.25) is 10.0 Å². The van der Waals surface area contributed by atoms with E-state index in [-0.39, 0.29) is 5.91 Å². The Labute approximate surface area is 210 Å². The average molecular weight is 508 g/mol. The number of hydrogen-bond acceptors (Lipinski definition) is 6. The lowest BCUT2D eigenvalue weighted by atomic mass is 9.88. The molecule has 2 fully saturated rings. The van der Waals surface area contributed by atoms with Crippen molar-refractivity contribution in [1.29, 1.82) is 0 Å². The smallest absolute Gasteiger partial charge is 0.322 e. The SMILES string of the molecule is O=C1NC(=O)C2(CCN(c3ncnc4c3nc(-c3ccccc3Cl)n4-c3ccc(Cl)cc3)CC2)N1. The molecule has 0 radical (unpaired) electrons. The molecule has 2 saturated heterocycles. The molecule has 2 aromatic heterocycles. The summed E-state index contributed by atoms with van der Waals surface area (Å²) in [5.41, 5.74) is 1.97. The number of carbonyl (C=O) groups excluding carboxylic acids is 2. The molecule has 2 aliphatic rings. The molecule has 1 spiro atoms. The van der Waals surface area contributed by atoms with Gasteiger partial charge in [-0.1, -0.05) is 35.3 Å². The van der Waals surface area contributed by atoms with Crippen LogP contribution in [0.25, 0.3) is 28.2 Å². The molecule has 2 aliphatic heterocycles. The van der Waals surface area contributed by atoms with Crippen LogP contribution in [0.5, 0.6) is 0 Å². The summed E-state index contributed by atoms with van der Waals surface area (Å²) in [4.78, 5) is 40.2. The Kier molecular flexibility index (Phi) is 5.12. The van der Waals surface area contributed by atoms with Crippen LogP contribution in [-0.2, 0) is 4.79 Å². The number of benzene rings is 2. The number of carbonyl (C=O) groups is 2. The first-order valence-corrected chi connectivity index (χ1v) is 11.8. The lowest BCUT2D eigenvalue weighted by Crippen LogP contribution is -2.55. The van der Waals surface area contributed by atoms with E-state index in [1.54, 1.807) is 0 Å². The van der Waals surface area contributed by atoms with Crippen LogP contribution < -0.4 is 15.5 Å². The fourth-order valence-electron chi connectivity index (χ4n) is 4.75. The zero-order valence-corrected chi connectivity index (χ0v) is 19.8. The summed E-state index contributed by atoms with van der Waals surface area (Å²) in [7, 11) is 0. The van der Waals surface area contributed by atoms with Crippen molar-refractivity contribution in [3.63, 3.8) is 0 Å². The van der Waals surface area contributed by atoms with Gasteiger partial charge in [-0.2, -0.15) is 0 Å². The van der Waals surface area contributed by atoms with Crippen LogP contribution in [0.4, 0.5) is 10.6 Å². The van der Waals surface area contributed by atoms with E-state index >= 15 is 0 Å². The number of piperidine rings is 1. The topological polar surface area (TPSA) is 105 Å². The van der Waals surface area contributed by atoms with Gasteiger partial charge in [0.25, 0.3) is 5.91 Å². The largest absolute Gasteiger partial charge is 0.354 e. The van der Waals surface area contributed by atoms with Crippen molar-refractivity contribution in [2.45, 2.75) is 18.4 Å². The molecule has 4 heterocycles. The van der Waals surface area contributed by atoms with Crippen molar-refractivity contribution in [2.24, 2.45) is 0 Å². The summed E-state index contributed by atoms with van der Waals surface area (Å²) < 4.78 is 1.94. The molecule has 9 nitrogen and oxygen atoms in total. The zero-order chi connectivity index (χ0) is 24.2. The van der Waals surface area contributed by atoms with Gasteiger partial charge in [-0.3, -0.25) is 14.7 Å². The number of fused-ring (bicyclic) bond motifs is 1. The predicted octanol–water partition coefficient (Wildman–Crippen LogP) is 3.97. The standard InChI is InChI=1S/C24H19Cl2N7O2/c25-14-5-7-15(8-6-14)33-19(16-3-1-2-4-17(16)26)29-18-20(27-13-28-21(18)33)32-11-9-24(10-12-32)22(34)30-23(35)31-24/h1-8,13H,9-12H2,(H2,30,31,34,35). The molecule has 0 aliphatic carbocycles. The molecule has 2 N–H and O–H groups in total. The number of imide groups is 1. The van der Waals surface area contributed by atoms with Gasteiger partial charge in [-0.05, 0) is 49.2 Å². The fraction of sp³-hybridized carbons (Fsp3) is 0.208. The molecule has 4 aromatic rings. The second-order valence-corrected chi connectivity index (χ2v) is 9.42. The molecule has 0 saturated carbocycles. The Balaban J connectivity index is 1.47.